The lowest BCUT2D eigenvalue weighted by Crippen LogP contribution is -2.55. The van der Waals surface area contributed by atoms with Gasteiger partial charge in [-0.25, -0.2) is 0 Å². The monoisotopic (exact) mass is 401 g/mol. The van der Waals surface area contributed by atoms with Gasteiger partial charge >= 0.3 is 6.36 Å². The Morgan fingerprint density at radius 1 is 1.21 bits per heavy atom. The van der Waals surface area contributed by atoms with E-state index in [1.807, 2.05) is 12.1 Å². The Bertz CT molecular complexity index is 1020. The smallest absolute Gasteiger partial charge is 0.485 e. The number of halogens is 3. The number of benzene rings is 2. The van der Waals surface area contributed by atoms with Crippen molar-refractivity contribution in [3.05, 3.63) is 59.2 Å². The molecule has 0 bridgehead atoms. The number of carbonyl (C=O) groups is 1. The molecule has 0 spiro atoms. The van der Waals surface area contributed by atoms with Crippen LogP contribution in [-0.4, -0.2) is 23.9 Å². The third kappa shape index (κ3) is 4.25. The van der Waals surface area contributed by atoms with E-state index in [-0.39, 0.29) is 5.56 Å². The summed E-state index contributed by atoms with van der Waals surface area (Å²) in [5, 5.41) is 21.4. The van der Waals surface area contributed by atoms with Gasteiger partial charge in [-0.2, -0.15) is 10.5 Å². The van der Waals surface area contributed by atoms with Crippen molar-refractivity contribution in [2.75, 3.05) is 0 Å². The van der Waals surface area contributed by atoms with E-state index in [1.165, 1.54) is 6.92 Å². The molecule has 2 atom stereocenters. The first-order chi connectivity index (χ1) is 13.6. The first kappa shape index (κ1) is 20.0. The quantitative estimate of drug-likeness (QED) is 0.847. The summed E-state index contributed by atoms with van der Waals surface area (Å²) >= 11 is 0. The molecule has 0 aliphatic carbocycles. The second-order valence-corrected chi connectivity index (χ2v) is 6.56. The lowest BCUT2D eigenvalue weighted by molar-refractivity contribution is -0.274. The summed E-state index contributed by atoms with van der Waals surface area (Å²) in [6.07, 6.45) is -5.26. The number of fused-ring (bicyclic) bond motifs is 1. The molecule has 1 aliphatic rings. The summed E-state index contributed by atoms with van der Waals surface area (Å²) in [7, 11) is 0. The van der Waals surface area contributed by atoms with E-state index in [0.717, 1.165) is 29.8 Å². The van der Waals surface area contributed by atoms with E-state index in [9.17, 15) is 28.5 Å². The van der Waals surface area contributed by atoms with Crippen molar-refractivity contribution < 1.29 is 27.4 Å². The minimum absolute atomic E-state index is 0.0502. The molecule has 148 valence electrons. The maximum atomic E-state index is 12.5. The summed E-state index contributed by atoms with van der Waals surface area (Å²) in [6.45, 7) is 1.48. The van der Waals surface area contributed by atoms with Gasteiger partial charge in [-0.05, 0) is 42.8 Å². The topological polar surface area (TPSA) is 95.1 Å². The highest BCUT2D eigenvalue weighted by Gasteiger charge is 2.42. The van der Waals surface area contributed by atoms with Gasteiger partial charge in [0, 0.05) is 12.0 Å². The highest BCUT2D eigenvalue weighted by molar-refractivity contribution is 5.95. The number of rotatable bonds is 4. The lowest BCUT2D eigenvalue weighted by atomic mass is 9.92. The Morgan fingerprint density at radius 3 is 2.48 bits per heavy atom. The van der Waals surface area contributed by atoms with Crippen LogP contribution in [-0.2, 0) is 6.42 Å². The lowest BCUT2D eigenvalue weighted by Gasteiger charge is -2.29. The molecule has 0 radical (unpaired) electrons. The van der Waals surface area contributed by atoms with Gasteiger partial charge in [0.1, 0.15) is 23.7 Å². The van der Waals surface area contributed by atoms with E-state index in [0.29, 0.717) is 17.7 Å². The van der Waals surface area contributed by atoms with Gasteiger partial charge in [0.05, 0.1) is 11.6 Å². The summed E-state index contributed by atoms with van der Waals surface area (Å²) in [6, 6.07) is 13.4. The fraction of sp³-hybridized carbons (Fsp3) is 0.250. The number of amides is 1. The minimum atomic E-state index is -4.83. The second kappa shape index (κ2) is 7.36. The normalized spacial score (nSPS) is 17.1. The van der Waals surface area contributed by atoms with Crippen LogP contribution in [0.4, 0.5) is 13.2 Å². The van der Waals surface area contributed by atoms with Gasteiger partial charge in [0.25, 0.3) is 5.91 Å². The predicted molar refractivity (Wildman–Crippen MR) is 93.9 cm³/mol. The SMILES string of the molecule is CC(C#N)(NC(=O)c1ccc(OC(F)(F)F)cc1)C1Cc2cccc(C#N)c2O1. The third-order valence-corrected chi connectivity index (χ3v) is 4.48. The van der Waals surface area contributed by atoms with Gasteiger partial charge in [-0.15, -0.1) is 13.2 Å². The van der Waals surface area contributed by atoms with Crippen LogP contribution in [0.5, 0.6) is 11.5 Å². The van der Waals surface area contributed by atoms with E-state index in [2.05, 4.69) is 10.1 Å². The van der Waals surface area contributed by atoms with Crippen molar-refractivity contribution in [2.45, 2.75) is 31.3 Å². The molecule has 0 saturated heterocycles. The molecule has 29 heavy (non-hydrogen) atoms. The molecule has 1 N–H and O–H groups in total. The number of ether oxygens (including phenoxy) is 2. The molecule has 1 amide bonds. The summed E-state index contributed by atoms with van der Waals surface area (Å²) < 4.78 is 46.3. The van der Waals surface area contributed by atoms with Crippen molar-refractivity contribution in [3.8, 4) is 23.6 Å². The van der Waals surface area contributed by atoms with Crippen LogP contribution in [0.3, 0.4) is 0 Å². The third-order valence-electron chi connectivity index (χ3n) is 4.48. The summed E-state index contributed by atoms with van der Waals surface area (Å²) in [5.41, 5.74) is -0.311. The Kier molecular flexibility index (Phi) is 5.08. The number of alkyl halides is 3. The fourth-order valence-electron chi connectivity index (χ4n) is 2.97. The molecular weight excluding hydrogens is 387 g/mol. The molecule has 0 saturated carbocycles. The highest BCUT2D eigenvalue weighted by Crippen LogP contribution is 2.36. The molecular formula is C20H14F3N3O3. The van der Waals surface area contributed by atoms with E-state index in [1.54, 1.807) is 18.2 Å². The maximum Gasteiger partial charge on any atom is 0.573 e. The first-order valence-corrected chi connectivity index (χ1v) is 8.43. The van der Waals surface area contributed by atoms with Crippen LogP contribution in [0, 0.1) is 22.7 Å². The predicted octanol–water partition coefficient (Wildman–Crippen LogP) is 3.47. The standard InChI is InChI=1S/C20H14F3N3O3/c1-19(11-25,16-9-13-3-2-4-14(10-24)17(13)28-16)26-18(27)12-5-7-15(8-6-12)29-20(21,22)23/h2-8,16H,9H2,1H3,(H,26,27). The number of nitrogens with zero attached hydrogens (tertiary/aromatic N) is 2. The molecule has 0 fully saturated rings. The van der Waals surface area contributed by atoms with Crippen molar-refractivity contribution in [1.82, 2.24) is 5.32 Å². The number of hydrogen-bond donors (Lipinski definition) is 1. The van der Waals surface area contributed by atoms with Crippen LogP contribution < -0.4 is 14.8 Å². The number of carbonyl (C=O) groups excluding carboxylic acids is 1. The summed E-state index contributed by atoms with van der Waals surface area (Å²) in [5.74, 6) is -0.743. The Hall–Kier alpha value is -3.72. The second-order valence-electron chi connectivity index (χ2n) is 6.56. The zero-order valence-electron chi connectivity index (χ0n) is 15.1. The Balaban J connectivity index is 1.75. The van der Waals surface area contributed by atoms with Gasteiger partial charge < -0.3 is 14.8 Å². The molecule has 1 aliphatic heterocycles. The zero-order valence-corrected chi connectivity index (χ0v) is 15.1. The molecule has 2 aromatic carbocycles. The van der Waals surface area contributed by atoms with E-state index < -0.39 is 29.7 Å². The number of nitriles is 2. The first-order valence-electron chi connectivity index (χ1n) is 8.43. The molecule has 2 aromatic rings. The molecule has 0 aromatic heterocycles. The van der Waals surface area contributed by atoms with Crippen molar-refractivity contribution in [3.63, 3.8) is 0 Å². The Morgan fingerprint density at radius 2 is 1.90 bits per heavy atom. The van der Waals surface area contributed by atoms with Gasteiger partial charge in [-0.1, -0.05) is 12.1 Å². The molecule has 2 unspecified atom stereocenters. The number of para-hydroxylation sites is 1. The highest BCUT2D eigenvalue weighted by atomic mass is 19.4. The van der Waals surface area contributed by atoms with Crippen molar-refractivity contribution >= 4 is 5.91 Å². The van der Waals surface area contributed by atoms with Crippen LogP contribution in [0.25, 0.3) is 0 Å². The van der Waals surface area contributed by atoms with Gasteiger partial charge in [0.15, 0.2) is 5.54 Å². The molecule has 3 rings (SSSR count). The average molecular weight is 401 g/mol. The van der Waals surface area contributed by atoms with Gasteiger partial charge in [0.2, 0.25) is 0 Å². The van der Waals surface area contributed by atoms with Crippen LogP contribution in [0.2, 0.25) is 0 Å². The van der Waals surface area contributed by atoms with E-state index in [4.69, 9.17) is 4.74 Å². The average Bonchev–Trinajstić information content (AvgIpc) is 3.12. The minimum Gasteiger partial charge on any atom is -0.485 e. The summed E-state index contributed by atoms with van der Waals surface area (Å²) in [4.78, 5) is 12.5. The largest absolute Gasteiger partial charge is 0.573 e. The fourth-order valence-corrected chi connectivity index (χ4v) is 2.97. The zero-order chi connectivity index (χ0) is 21.2. The number of nitrogens with one attached hydrogen (secondary N) is 1. The van der Waals surface area contributed by atoms with Crippen LogP contribution in [0.15, 0.2) is 42.5 Å². The van der Waals surface area contributed by atoms with Crippen molar-refractivity contribution in [2.24, 2.45) is 0 Å². The van der Waals surface area contributed by atoms with Gasteiger partial charge in [-0.3, -0.25) is 4.79 Å². The number of hydrogen-bond acceptors (Lipinski definition) is 5. The molecule has 1 heterocycles. The van der Waals surface area contributed by atoms with Crippen molar-refractivity contribution in [1.29, 1.82) is 10.5 Å². The molecule has 6 nitrogen and oxygen atoms in total. The maximum absolute atomic E-state index is 12.5. The Labute approximate surface area is 164 Å². The molecule has 9 heteroatoms. The van der Waals surface area contributed by atoms with Crippen LogP contribution in [0.1, 0.15) is 28.4 Å². The van der Waals surface area contributed by atoms with Crippen LogP contribution >= 0.6 is 0 Å². The van der Waals surface area contributed by atoms with E-state index >= 15 is 0 Å².